The lowest BCUT2D eigenvalue weighted by molar-refractivity contribution is 0.0205. The number of amides is 1. The van der Waals surface area contributed by atoms with Gasteiger partial charge in [-0.15, -0.1) is 0 Å². The highest BCUT2D eigenvalue weighted by Gasteiger charge is 2.30. The van der Waals surface area contributed by atoms with Crippen LogP contribution in [0, 0.1) is 11.8 Å². The molecule has 1 atom stereocenters. The molecule has 1 aromatic rings. The first-order valence-corrected chi connectivity index (χ1v) is 6.61. The second kappa shape index (κ2) is 6.51. The standard InChI is InChI=1S/C15H18N2O3/c1-15(7-3-9-20-15)11-17-14(19)13-6-5-12(10-16-13)4-2-8-18/h5-6,10,18H,3,7-9,11H2,1H3,(H,17,19). The van der Waals surface area contributed by atoms with Gasteiger partial charge in [-0.1, -0.05) is 11.8 Å². The summed E-state index contributed by atoms with van der Waals surface area (Å²) in [6.07, 6.45) is 3.50. The Bertz CT molecular complexity index is 522. The molecule has 1 aromatic heterocycles. The first-order valence-electron chi connectivity index (χ1n) is 6.61. The van der Waals surface area contributed by atoms with Gasteiger partial charge in [0, 0.05) is 24.9 Å². The Labute approximate surface area is 118 Å². The van der Waals surface area contributed by atoms with Gasteiger partial charge in [0.05, 0.1) is 5.60 Å². The average Bonchev–Trinajstić information content (AvgIpc) is 2.90. The molecule has 0 radical (unpaired) electrons. The van der Waals surface area contributed by atoms with E-state index >= 15 is 0 Å². The molecule has 20 heavy (non-hydrogen) atoms. The van der Waals surface area contributed by atoms with Crippen molar-refractivity contribution in [1.29, 1.82) is 0 Å². The largest absolute Gasteiger partial charge is 0.384 e. The Kier molecular flexibility index (Phi) is 4.72. The smallest absolute Gasteiger partial charge is 0.269 e. The van der Waals surface area contributed by atoms with Crippen molar-refractivity contribution >= 4 is 5.91 Å². The molecule has 2 N–H and O–H groups in total. The van der Waals surface area contributed by atoms with Crippen LogP contribution in [0.3, 0.4) is 0 Å². The van der Waals surface area contributed by atoms with Crippen LogP contribution in [0.5, 0.6) is 0 Å². The van der Waals surface area contributed by atoms with Crippen LogP contribution < -0.4 is 5.32 Å². The lowest BCUT2D eigenvalue weighted by Gasteiger charge is -2.23. The minimum Gasteiger partial charge on any atom is -0.384 e. The van der Waals surface area contributed by atoms with Gasteiger partial charge in [0.2, 0.25) is 0 Å². The average molecular weight is 274 g/mol. The summed E-state index contributed by atoms with van der Waals surface area (Å²) in [5.74, 6) is 5.04. The number of pyridine rings is 1. The molecule has 1 fully saturated rings. The number of aliphatic hydroxyl groups is 1. The van der Waals surface area contributed by atoms with Crippen molar-refractivity contribution in [2.45, 2.75) is 25.4 Å². The summed E-state index contributed by atoms with van der Waals surface area (Å²) in [4.78, 5) is 16.0. The zero-order valence-corrected chi connectivity index (χ0v) is 11.5. The fourth-order valence-electron chi connectivity index (χ4n) is 2.08. The van der Waals surface area contributed by atoms with E-state index in [0.29, 0.717) is 17.8 Å². The zero-order chi connectivity index (χ0) is 14.4. The van der Waals surface area contributed by atoms with Crippen LogP contribution >= 0.6 is 0 Å². The topological polar surface area (TPSA) is 71.5 Å². The quantitative estimate of drug-likeness (QED) is 0.797. The van der Waals surface area contributed by atoms with Crippen LogP contribution in [0.15, 0.2) is 18.3 Å². The van der Waals surface area contributed by atoms with Crippen molar-refractivity contribution in [3.05, 3.63) is 29.6 Å². The number of aromatic nitrogens is 1. The number of carbonyl (C=O) groups is 1. The second-order valence-corrected chi connectivity index (χ2v) is 4.98. The molecule has 0 spiro atoms. The van der Waals surface area contributed by atoms with Gasteiger partial charge in [0.15, 0.2) is 0 Å². The van der Waals surface area contributed by atoms with Crippen LogP contribution in [-0.2, 0) is 4.74 Å². The van der Waals surface area contributed by atoms with Gasteiger partial charge in [0.1, 0.15) is 12.3 Å². The number of nitrogens with one attached hydrogen (secondary N) is 1. The van der Waals surface area contributed by atoms with E-state index in [1.165, 1.54) is 6.20 Å². The maximum Gasteiger partial charge on any atom is 0.269 e. The van der Waals surface area contributed by atoms with E-state index in [2.05, 4.69) is 22.1 Å². The molecule has 1 aliphatic rings. The maximum atomic E-state index is 12.0. The SMILES string of the molecule is CC1(CNC(=O)c2ccc(C#CCO)cn2)CCCO1. The van der Waals surface area contributed by atoms with Gasteiger partial charge in [-0.3, -0.25) is 4.79 Å². The number of ether oxygens (including phenoxy) is 1. The molecule has 2 rings (SSSR count). The molecule has 0 bridgehead atoms. The Hall–Kier alpha value is -1.90. The number of hydrogen-bond donors (Lipinski definition) is 2. The molecule has 1 amide bonds. The second-order valence-electron chi connectivity index (χ2n) is 4.98. The molecule has 1 unspecified atom stereocenters. The van der Waals surface area contributed by atoms with Gasteiger partial charge < -0.3 is 15.2 Å². The highest BCUT2D eigenvalue weighted by atomic mass is 16.5. The zero-order valence-electron chi connectivity index (χ0n) is 11.5. The lowest BCUT2D eigenvalue weighted by Crippen LogP contribution is -2.40. The Morgan fingerprint density at radius 1 is 1.60 bits per heavy atom. The van der Waals surface area contributed by atoms with Crippen LogP contribution in [0.1, 0.15) is 35.8 Å². The van der Waals surface area contributed by atoms with Gasteiger partial charge in [0.25, 0.3) is 5.91 Å². The normalized spacial score (nSPS) is 21.1. The highest BCUT2D eigenvalue weighted by molar-refractivity contribution is 5.92. The lowest BCUT2D eigenvalue weighted by atomic mass is 10.0. The summed E-state index contributed by atoms with van der Waals surface area (Å²) < 4.78 is 5.61. The minimum atomic E-state index is -0.262. The minimum absolute atomic E-state index is 0.194. The predicted octanol–water partition coefficient (Wildman–Crippen LogP) is 0.724. The molecule has 1 aliphatic heterocycles. The Morgan fingerprint density at radius 2 is 2.45 bits per heavy atom. The molecule has 5 heteroatoms. The van der Waals surface area contributed by atoms with Gasteiger partial charge in [-0.05, 0) is 31.9 Å². The summed E-state index contributed by atoms with van der Waals surface area (Å²) in [6.45, 7) is 3.05. The Balaban J connectivity index is 1.92. The maximum absolute atomic E-state index is 12.0. The van der Waals surface area contributed by atoms with Crippen molar-refractivity contribution in [3.63, 3.8) is 0 Å². The fraction of sp³-hybridized carbons (Fsp3) is 0.467. The number of hydrogen-bond acceptors (Lipinski definition) is 4. The number of carbonyl (C=O) groups excluding carboxylic acids is 1. The third kappa shape index (κ3) is 3.80. The van der Waals surface area contributed by atoms with E-state index in [9.17, 15) is 4.79 Å². The van der Waals surface area contributed by atoms with E-state index in [0.717, 1.165) is 19.4 Å². The molecule has 2 heterocycles. The van der Waals surface area contributed by atoms with Crippen molar-refractivity contribution in [2.75, 3.05) is 19.8 Å². The first-order chi connectivity index (χ1) is 9.63. The van der Waals surface area contributed by atoms with Crippen molar-refractivity contribution < 1.29 is 14.6 Å². The monoisotopic (exact) mass is 274 g/mol. The number of nitrogens with zero attached hydrogens (tertiary/aromatic N) is 1. The van der Waals surface area contributed by atoms with Crippen molar-refractivity contribution in [1.82, 2.24) is 10.3 Å². The molecule has 1 saturated heterocycles. The number of rotatable bonds is 3. The number of aliphatic hydroxyl groups excluding tert-OH is 1. The Morgan fingerprint density at radius 3 is 3.05 bits per heavy atom. The third-order valence-corrected chi connectivity index (χ3v) is 3.23. The van der Waals surface area contributed by atoms with Crippen LogP contribution in [-0.4, -0.2) is 41.4 Å². The first kappa shape index (κ1) is 14.5. The van der Waals surface area contributed by atoms with E-state index in [1.54, 1.807) is 12.1 Å². The molecule has 0 aliphatic carbocycles. The summed E-state index contributed by atoms with van der Waals surface area (Å²) >= 11 is 0. The highest BCUT2D eigenvalue weighted by Crippen LogP contribution is 2.23. The van der Waals surface area contributed by atoms with E-state index in [1.807, 2.05) is 6.92 Å². The van der Waals surface area contributed by atoms with Crippen molar-refractivity contribution in [2.24, 2.45) is 0 Å². The van der Waals surface area contributed by atoms with E-state index in [4.69, 9.17) is 9.84 Å². The summed E-state index contributed by atoms with van der Waals surface area (Å²) in [5, 5.41) is 11.4. The van der Waals surface area contributed by atoms with Crippen LogP contribution in [0.2, 0.25) is 0 Å². The van der Waals surface area contributed by atoms with Crippen LogP contribution in [0.4, 0.5) is 0 Å². The summed E-state index contributed by atoms with van der Waals surface area (Å²) in [6, 6.07) is 3.33. The van der Waals surface area contributed by atoms with Crippen LogP contribution in [0.25, 0.3) is 0 Å². The molecular formula is C15H18N2O3. The molecular weight excluding hydrogens is 256 g/mol. The molecule has 0 saturated carbocycles. The predicted molar refractivity (Wildman–Crippen MR) is 74.1 cm³/mol. The van der Waals surface area contributed by atoms with Gasteiger partial charge >= 0.3 is 0 Å². The summed E-state index contributed by atoms with van der Waals surface area (Å²) in [7, 11) is 0. The molecule has 5 nitrogen and oxygen atoms in total. The molecule has 0 aromatic carbocycles. The third-order valence-electron chi connectivity index (χ3n) is 3.23. The van der Waals surface area contributed by atoms with E-state index < -0.39 is 0 Å². The summed E-state index contributed by atoms with van der Waals surface area (Å²) in [5.41, 5.74) is 0.755. The fourth-order valence-corrected chi connectivity index (χ4v) is 2.08. The van der Waals surface area contributed by atoms with E-state index in [-0.39, 0.29) is 18.1 Å². The van der Waals surface area contributed by atoms with Gasteiger partial charge in [-0.25, -0.2) is 4.98 Å². The van der Waals surface area contributed by atoms with Gasteiger partial charge in [-0.2, -0.15) is 0 Å². The molecule has 106 valence electrons. The van der Waals surface area contributed by atoms with Crippen molar-refractivity contribution in [3.8, 4) is 11.8 Å².